The highest BCUT2D eigenvalue weighted by Crippen LogP contribution is 2.22. The van der Waals surface area contributed by atoms with E-state index in [0.717, 1.165) is 53.6 Å². The minimum Gasteiger partial charge on any atom is -0.353 e. The zero-order chi connectivity index (χ0) is 16.9. The van der Waals surface area contributed by atoms with Gasteiger partial charge in [0.15, 0.2) is 5.13 Å². The van der Waals surface area contributed by atoms with Gasteiger partial charge in [-0.3, -0.25) is 4.79 Å². The second kappa shape index (κ2) is 7.99. The summed E-state index contributed by atoms with van der Waals surface area (Å²) in [6, 6.07) is 6.23. The fourth-order valence-electron chi connectivity index (χ4n) is 3.01. The lowest BCUT2D eigenvalue weighted by Crippen LogP contribution is -2.44. The van der Waals surface area contributed by atoms with Crippen LogP contribution >= 0.6 is 22.9 Å². The maximum atomic E-state index is 12.2. The third-order valence-electron chi connectivity index (χ3n) is 4.41. The summed E-state index contributed by atoms with van der Waals surface area (Å²) in [5, 5.41) is 7.03. The Morgan fingerprint density at radius 1 is 1.42 bits per heavy atom. The second-order valence-electron chi connectivity index (χ2n) is 6.23. The van der Waals surface area contributed by atoms with Crippen LogP contribution in [0.3, 0.4) is 0 Å². The summed E-state index contributed by atoms with van der Waals surface area (Å²) < 4.78 is 0. The molecule has 1 amide bonds. The minimum absolute atomic E-state index is 0.135. The Morgan fingerprint density at radius 3 is 2.88 bits per heavy atom. The Hall–Kier alpha value is -1.59. The van der Waals surface area contributed by atoms with Crippen molar-refractivity contribution in [2.75, 3.05) is 18.0 Å². The number of nitrogens with zero attached hydrogens (tertiary/aromatic N) is 2. The number of amides is 1. The van der Waals surface area contributed by atoms with Gasteiger partial charge in [0.2, 0.25) is 5.91 Å². The Kier molecular flexibility index (Phi) is 5.74. The van der Waals surface area contributed by atoms with Gasteiger partial charge in [0.25, 0.3) is 0 Å². The Bertz CT molecular complexity index is 682. The molecule has 2 aromatic rings. The molecular formula is C18H22ClN3OS. The number of piperidine rings is 1. The summed E-state index contributed by atoms with van der Waals surface area (Å²) in [7, 11) is 0. The van der Waals surface area contributed by atoms with Gasteiger partial charge in [0, 0.05) is 42.2 Å². The van der Waals surface area contributed by atoms with Crippen LogP contribution in [0.4, 0.5) is 5.13 Å². The Morgan fingerprint density at radius 2 is 2.21 bits per heavy atom. The van der Waals surface area contributed by atoms with E-state index in [9.17, 15) is 4.79 Å². The van der Waals surface area contributed by atoms with Gasteiger partial charge in [-0.15, -0.1) is 11.3 Å². The summed E-state index contributed by atoms with van der Waals surface area (Å²) >= 11 is 7.70. The average molecular weight is 364 g/mol. The number of benzene rings is 1. The number of halogens is 1. The highest BCUT2D eigenvalue weighted by Gasteiger charge is 2.21. The van der Waals surface area contributed by atoms with E-state index in [4.69, 9.17) is 11.6 Å². The molecule has 0 radical (unpaired) electrons. The maximum absolute atomic E-state index is 12.2. The number of carbonyl (C=O) groups is 1. The van der Waals surface area contributed by atoms with Crippen molar-refractivity contribution in [3.8, 4) is 0 Å². The zero-order valence-electron chi connectivity index (χ0n) is 13.8. The lowest BCUT2D eigenvalue weighted by molar-refractivity contribution is -0.121. The summed E-state index contributed by atoms with van der Waals surface area (Å²) in [5.74, 6) is 0.135. The van der Waals surface area contributed by atoms with E-state index < -0.39 is 0 Å². The average Bonchev–Trinajstić information content (AvgIpc) is 3.11. The summed E-state index contributed by atoms with van der Waals surface area (Å²) in [6.07, 6.45) is 5.07. The van der Waals surface area contributed by atoms with Gasteiger partial charge in [0.1, 0.15) is 0 Å². The molecule has 0 atom stereocenters. The number of nitrogens with one attached hydrogen (secondary N) is 1. The number of carbonyl (C=O) groups excluding carboxylic acids is 1. The summed E-state index contributed by atoms with van der Waals surface area (Å²) in [5.41, 5.74) is 2.22. The van der Waals surface area contributed by atoms with Crippen LogP contribution in [0, 0.1) is 6.92 Å². The van der Waals surface area contributed by atoms with E-state index in [1.165, 1.54) is 0 Å². The van der Waals surface area contributed by atoms with Crippen molar-refractivity contribution in [3.63, 3.8) is 0 Å². The SMILES string of the molecule is Cc1cc(CCC(=O)NC2CCN(c3nccs3)CC2)ccc1Cl. The monoisotopic (exact) mass is 363 g/mol. The van der Waals surface area contributed by atoms with Crippen LogP contribution < -0.4 is 10.2 Å². The second-order valence-corrected chi connectivity index (χ2v) is 7.51. The molecule has 6 heteroatoms. The first kappa shape index (κ1) is 17.2. The van der Waals surface area contributed by atoms with Gasteiger partial charge >= 0.3 is 0 Å². The lowest BCUT2D eigenvalue weighted by atomic mass is 10.0. The van der Waals surface area contributed by atoms with Gasteiger partial charge in [-0.05, 0) is 43.4 Å². The van der Waals surface area contributed by atoms with Crippen LogP contribution in [0.25, 0.3) is 0 Å². The fraction of sp³-hybridized carbons (Fsp3) is 0.444. The van der Waals surface area contributed by atoms with Crippen LogP contribution in [-0.2, 0) is 11.2 Å². The first-order valence-corrected chi connectivity index (χ1v) is 9.56. The molecule has 128 valence electrons. The predicted octanol–water partition coefficient (Wildman–Crippen LogP) is 3.82. The first-order valence-electron chi connectivity index (χ1n) is 8.30. The van der Waals surface area contributed by atoms with Crippen LogP contribution in [-0.4, -0.2) is 30.0 Å². The van der Waals surface area contributed by atoms with E-state index in [-0.39, 0.29) is 11.9 Å². The predicted molar refractivity (Wildman–Crippen MR) is 100 cm³/mol. The van der Waals surface area contributed by atoms with Gasteiger partial charge < -0.3 is 10.2 Å². The Labute approximate surface area is 151 Å². The van der Waals surface area contributed by atoms with Crippen molar-refractivity contribution >= 4 is 34.0 Å². The largest absolute Gasteiger partial charge is 0.353 e. The van der Waals surface area contributed by atoms with E-state index >= 15 is 0 Å². The maximum Gasteiger partial charge on any atom is 0.220 e. The van der Waals surface area contributed by atoms with Crippen molar-refractivity contribution in [1.82, 2.24) is 10.3 Å². The van der Waals surface area contributed by atoms with Crippen LogP contribution in [0.2, 0.25) is 5.02 Å². The standard InChI is InChI=1S/C18H22ClN3OS/c1-13-12-14(2-4-16(13)19)3-5-17(23)21-15-6-9-22(10-7-15)18-20-8-11-24-18/h2,4,8,11-12,15H,3,5-7,9-10H2,1H3,(H,21,23). The molecule has 0 spiro atoms. The quantitative estimate of drug-likeness (QED) is 0.878. The number of thiazole rings is 1. The van der Waals surface area contributed by atoms with Crippen molar-refractivity contribution < 1.29 is 4.79 Å². The first-order chi connectivity index (χ1) is 11.6. The molecule has 0 unspecified atom stereocenters. The van der Waals surface area contributed by atoms with Crippen molar-refractivity contribution in [2.45, 2.75) is 38.6 Å². The third kappa shape index (κ3) is 4.48. The van der Waals surface area contributed by atoms with Crippen molar-refractivity contribution in [2.24, 2.45) is 0 Å². The molecule has 1 aromatic carbocycles. The smallest absolute Gasteiger partial charge is 0.220 e. The summed E-state index contributed by atoms with van der Waals surface area (Å²) in [4.78, 5) is 18.8. The molecule has 0 saturated carbocycles. The number of rotatable bonds is 5. The Balaban J connectivity index is 1.42. The van der Waals surface area contributed by atoms with E-state index in [1.54, 1.807) is 11.3 Å². The molecule has 1 fully saturated rings. The highest BCUT2D eigenvalue weighted by atomic mass is 35.5. The topological polar surface area (TPSA) is 45.2 Å². The van der Waals surface area contributed by atoms with Crippen LogP contribution in [0.5, 0.6) is 0 Å². The molecule has 1 N–H and O–H groups in total. The van der Waals surface area contributed by atoms with Gasteiger partial charge in [-0.2, -0.15) is 0 Å². The lowest BCUT2D eigenvalue weighted by Gasteiger charge is -2.32. The molecule has 1 aromatic heterocycles. The normalized spacial score (nSPS) is 15.5. The molecule has 1 aliphatic heterocycles. The number of hydrogen-bond donors (Lipinski definition) is 1. The van der Waals surface area contributed by atoms with Crippen molar-refractivity contribution in [1.29, 1.82) is 0 Å². The van der Waals surface area contributed by atoms with Gasteiger partial charge in [-0.1, -0.05) is 23.7 Å². The molecule has 24 heavy (non-hydrogen) atoms. The fourth-order valence-corrected chi connectivity index (χ4v) is 3.82. The molecule has 0 bridgehead atoms. The highest BCUT2D eigenvalue weighted by molar-refractivity contribution is 7.13. The number of aryl methyl sites for hydroxylation is 2. The van der Waals surface area contributed by atoms with E-state index in [1.807, 2.05) is 30.6 Å². The molecule has 1 aliphatic rings. The number of anilines is 1. The summed E-state index contributed by atoms with van der Waals surface area (Å²) in [6.45, 7) is 3.89. The molecule has 2 heterocycles. The molecule has 1 saturated heterocycles. The van der Waals surface area contributed by atoms with Gasteiger partial charge in [0.05, 0.1) is 0 Å². The van der Waals surface area contributed by atoms with Crippen LogP contribution in [0.15, 0.2) is 29.8 Å². The van der Waals surface area contributed by atoms with Crippen molar-refractivity contribution in [3.05, 3.63) is 45.9 Å². The number of hydrogen-bond acceptors (Lipinski definition) is 4. The third-order valence-corrected chi connectivity index (χ3v) is 5.67. The minimum atomic E-state index is 0.135. The molecule has 4 nitrogen and oxygen atoms in total. The molecule has 0 aliphatic carbocycles. The molecule has 3 rings (SSSR count). The van der Waals surface area contributed by atoms with E-state index in [2.05, 4.69) is 21.3 Å². The molecular weight excluding hydrogens is 342 g/mol. The zero-order valence-corrected chi connectivity index (χ0v) is 15.4. The van der Waals surface area contributed by atoms with Crippen LogP contribution in [0.1, 0.15) is 30.4 Å². The van der Waals surface area contributed by atoms with E-state index in [0.29, 0.717) is 6.42 Å². The van der Waals surface area contributed by atoms with Gasteiger partial charge in [-0.25, -0.2) is 4.98 Å². The number of aromatic nitrogens is 1.